The number of carbonyl (C=O) groups is 1. The smallest absolute Gasteiger partial charge is 0.338 e. The summed E-state index contributed by atoms with van der Waals surface area (Å²) in [6.07, 6.45) is 8.29. The zero-order valence-electron chi connectivity index (χ0n) is 22.3. The van der Waals surface area contributed by atoms with Gasteiger partial charge < -0.3 is 9.30 Å². The van der Waals surface area contributed by atoms with Gasteiger partial charge in [-0.2, -0.15) is 0 Å². The number of esters is 1. The molecule has 0 radical (unpaired) electrons. The van der Waals surface area contributed by atoms with E-state index in [1.807, 2.05) is 44.2 Å². The number of benzene rings is 1. The topological polar surface area (TPSA) is 65.6 Å². The first-order valence-corrected chi connectivity index (χ1v) is 14.1. The summed E-state index contributed by atoms with van der Waals surface area (Å²) < 4.78 is 10.1. The molecule has 3 aromatic rings. The van der Waals surface area contributed by atoms with Crippen molar-refractivity contribution in [3.63, 3.8) is 0 Å². The number of ether oxygens (including phenoxy) is 1. The van der Waals surface area contributed by atoms with E-state index in [1.165, 1.54) is 54.8 Å². The SMILES string of the molecule is CCOC(=O)C1=C(C)N=c2s/c(=C/c3cc(C)n(C4CCCCC4)c3C)c(=O)n2[C@@H]1c1ccc(C)cc1. The number of carbonyl (C=O) groups excluding carboxylic acids is 1. The number of aromatic nitrogens is 2. The summed E-state index contributed by atoms with van der Waals surface area (Å²) in [6.45, 7) is 10.2. The number of hydrogen-bond acceptors (Lipinski definition) is 5. The second kappa shape index (κ2) is 10.3. The summed E-state index contributed by atoms with van der Waals surface area (Å²) in [5.41, 5.74) is 6.36. The monoisotopic (exact) mass is 517 g/mol. The lowest BCUT2D eigenvalue weighted by atomic mass is 9.95. The van der Waals surface area contributed by atoms with Gasteiger partial charge in [0.2, 0.25) is 0 Å². The molecule has 2 aliphatic rings. The summed E-state index contributed by atoms with van der Waals surface area (Å²) in [5, 5.41) is 0. The van der Waals surface area contributed by atoms with Crippen molar-refractivity contribution in [3.05, 3.63) is 89.4 Å². The van der Waals surface area contributed by atoms with Crippen LogP contribution < -0.4 is 14.9 Å². The maximum absolute atomic E-state index is 13.9. The van der Waals surface area contributed by atoms with Gasteiger partial charge in [-0.05, 0) is 70.7 Å². The average molecular weight is 518 g/mol. The molecule has 1 aliphatic carbocycles. The second-order valence-electron chi connectivity index (χ2n) is 10.2. The first-order valence-electron chi connectivity index (χ1n) is 13.2. The highest BCUT2D eigenvalue weighted by Crippen LogP contribution is 2.33. The molecule has 5 rings (SSSR count). The minimum Gasteiger partial charge on any atom is -0.463 e. The Labute approximate surface area is 221 Å². The van der Waals surface area contributed by atoms with Crippen molar-refractivity contribution in [3.8, 4) is 0 Å². The Hall–Kier alpha value is -3.19. The van der Waals surface area contributed by atoms with Crippen LogP contribution in [-0.4, -0.2) is 21.7 Å². The van der Waals surface area contributed by atoms with E-state index in [-0.39, 0.29) is 12.2 Å². The van der Waals surface area contributed by atoms with Gasteiger partial charge in [-0.3, -0.25) is 9.36 Å². The molecule has 0 bridgehead atoms. The van der Waals surface area contributed by atoms with Gasteiger partial charge in [-0.1, -0.05) is 60.4 Å². The second-order valence-corrected chi connectivity index (χ2v) is 11.2. The molecule has 1 aromatic carbocycles. The van der Waals surface area contributed by atoms with Crippen molar-refractivity contribution in [2.75, 3.05) is 6.61 Å². The minimum absolute atomic E-state index is 0.133. The molecule has 0 unspecified atom stereocenters. The summed E-state index contributed by atoms with van der Waals surface area (Å²) in [6, 6.07) is 10.1. The van der Waals surface area contributed by atoms with Gasteiger partial charge in [0.25, 0.3) is 5.56 Å². The van der Waals surface area contributed by atoms with E-state index in [9.17, 15) is 9.59 Å². The fourth-order valence-electron chi connectivity index (χ4n) is 5.85. The van der Waals surface area contributed by atoms with Crippen LogP contribution in [0, 0.1) is 20.8 Å². The van der Waals surface area contributed by atoms with E-state index < -0.39 is 12.0 Å². The molecule has 1 aliphatic heterocycles. The van der Waals surface area contributed by atoms with Crippen LogP contribution in [-0.2, 0) is 9.53 Å². The van der Waals surface area contributed by atoms with Gasteiger partial charge in [0, 0.05) is 17.4 Å². The third-order valence-corrected chi connectivity index (χ3v) is 8.64. The van der Waals surface area contributed by atoms with E-state index in [0.717, 1.165) is 16.7 Å². The fourth-order valence-corrected chi connectivity index (χ4v) is 6.88. The number of aryl methyl sites for hydroxylation is 2. The first-order chi connectivity index (χ1) is 17.8. The molecule has 2 aromatic heterocycles. The van der Waals surface area contributed by atoms with E-state index in [2.05, 4.69) is 24.5 Å². The molecule has 1 fully saturated rings. The van der Waals surface area contributed by atoms with Gasteiger partial charge in [0.05, 0.1) is 28.5 Å². The molecule has 194 valence electrons. The van der Waals surface area contributed by atoms with Gasteiger partial charge in [-0.15, -0.1) is 0 Å². The van der Waals surface area contributed by atoms with Gasteiger partial charge in [-0.25, -0.2) is 9.79 Å². The number of nitrogens with zero attached hydrogens (tertiary/aromatic N) is 3. The third kappa shape index (κ3) is 4.65. The predicted molar refractivity (Wildman–Crippen MR) is 148 cm³/mol. The minimum atomic E-state index is -0.576. The highest BCUT2D eigenvalue weighted by atomic mass is 32.1. The van der Waals surface area contributed by atoms with E-state index in [1.54, 1.807) is 11.5 Å². The molecular formula is C30H35N3O3S. The zero-order chi connectivity index (χ0) is 26.3. The Kier molecular flexibility index (Phi) is 7.08. The summed E-state index contributed by atoms with van der Waals surface area (Å²) >= 11 is 1.38. The third-order valence-electron chi connectivity index (χ3n) is 7.66. The quantitative estimate of drug-likeness (QED) is 0.446. The van der Waals surface area contributed by atoms with Crippen LogP contribution in [0.3, 0.4) is 0 Å². The fraction of sp³-hybridized carbons (Fsp3) is 0.433. The summed E-state index contributed by atoms with van der Waals surface area (Å²) in [5.74, 6) is -0.431. The van der Waals surface area contributed by atoms with Crippen molar-refractivity contribution >= 4 is 23.4 Å². The summed E-state index contributed by atoms with van der Waals surface area (Å²) in [4.78, 5) is 32.3. The molecule has 6 nitrogen and oxygen atoms in total. The molecule has 0 amide bonds. The molecule has 3 heterocycles. The Morgan fingerprint density at radius 3 is 2.46 bits per heavy atom. The van der Waals surface area contributed by atoms with E-state index in [0.29, 0.717) is 26.6 Å². The Balaban J connectivity index is 1.66. The van der Waals surface area contributed by atoms with Crippen LogP contribution in [0.25, 0.3) is 6.08 Å². The number of allylic oxidation sites excluding steroid dienone is 1. The summed E-state index contributed by atoms with van der Waals surface area (Å²) in [7, 11) is 0. The molecule has 0 saturated heterocycles. The largest absolute Gasteiger partial charge is 0.463 e. The highest BCUT2D eigenvalue weighted by molar-refractivity contribution is 7.07. The average Bonchev–Trinajstić information content (AvgIpc) is 3.33. The molecule has 7 heteroatoms. The lowest BCUT2D eigenvalue weighted by Crippen LogP contribution is -2.39. The van der Waals surface area contributed by atoms with Crippen LogP contribution in [0.15, 0.2) is 51.4 Å². The van der Waals surface area contributed by atoms with Crippen molar-refractivity contribution in [1.29, 1.82) is 0 Å². The maximum atomic E-state index is 13.9. The van der Waals surface area contributed by atoms with Crippen LogP contribution in [0.4, 0.5) is 0 Å². The van der Waals surface area contributed by atoms with Gasteiger partial charge in [0.15, 0.2) is 4.80 Å². The lowest BCUT2D eigenvalue weighted by molar-refractivity contribution is -0.139. The Bertz CT molecular complexity index is 1550. The molecular weight excluding hydrogens is 482 g/mol. The highest BCUT2D eigenvalue weighted by Gasteiger charge is 2.33. The zero-order valence-corrected chi connectivity index (χ0v) is 23.2. The van der Waals surface area contributed by atoms with Crippen LogP contribution in [0.2, 0.25) is 0 Å². The first kappa shape index (κ1) is 25.5. The maximum Gasteiger partial charge on any atom is 0.338 e. The number of hydrogen-bond donors (Lipinski definition) is 0. The lowest BCUT2D eigenvalue weighted by Gasteiger charge is -2.26. The molecule has 1 saturated carbocycles. The van der Waals surface area contributed by atoms with Gasteiger partial charge >= 0.3 is 5.97 Å². The van der Waals surface area contributed by atoms with E-state index in [4.69, 9.17) is 9.73 Å². The Morgan fingerprint density at radius 1 is 1.08 bits per heavy atom. The molecule has 0 N–H and O–H groups in total. The molecule has 1 atom stereocenters. The number of thiazole rings is 1. The van der Waals surface area contributed by atoms with Gasteiger partial charge in [0.1, 0.15) is 0 Å². The van der Waals surface area contributed by atoms with Crippen molar-refractivity contribution in [2.45, 2.75) is 78.8 Å². The predicted octanol–water partition coefficient (Wildman–Crippen LogP) is 5.03. The Morgan fingerprint density at radius 2 is 1.78 bits per heavy atom. The van der Waals surface area contributed by atoms with E-state index >= 15 is 0 Å². The standard InChI is InChI=1S/C30H35N3O3S/c1-6-36-29(35)26-20(4)31-30-33(27(26)22-14-12-18(2)13-15-22)28(34)25(37-30)17-23-16-19(3)32(21(23)5)24-10-8-7-9-11-24/h12-17,24,27H,6-11H2,1-5H3/b25-17+/t27-/m1/s1. The molecule has 37 heavy (non-hydrogen) atoms. The molecule has 0 spiro atoms. The number of fused-ring (bicyclic) bond motifs is 1. The van der Waals surface area contributed by atoms with Crippen LogP contribution in [0.1, 0.15) is 86.1 Å². The van der Waals surface area contributed by atoms with Crippen molar-refractivity contribution in [1.82, 2.24) is 9.13 Å². The number of rotatable bonds is 5. The normalized spacial score (nSPS) is 18.6. The van der Waals surface area contributed by atoms with Crippen molar-refractivity contribution in [2.24, 2.45) is 4.99 Å². The van der Waals surface area contributed by atoms with Crippen molar-refractivity contribution < 1.29 is 9.53 Å². The van der Waals surface area contributed by atoms with Crippen LogP contribution in [0.5, 0.6) is 0 Å². The van der Waals surface area contributed by atoms with Crippen LogP contribution >= 0.6 is 11.3 Å².